The first kappa shape index (κ1) is 16.4. The molecule has 1 aliphatic rings. The highest BCUT2D eigenvalue weighted by molar-refractivity contribution is 7.88. The molecule has 124 valence electrons. The van der Waals surface area contributed by atoms with Crippen LogP contribution in [-0.4, -0.2) is 49.0 Å². The molecule has 1 atom stereocenters. The van der Waals surface area contributed by atoms with Gasteiger partial charge in [0.15, 0.2) is 0 Å². The van der Waals surface area contributed by atoms with Crippen LogP contribution in [-0.2, 0) is 21.2 Å². The number of sulfonamides is 1. The normalized spacial score (nSPS) is 19.3. The van der Waals surface area contributed by atoms with E-state index in [1.165, 1.54) is 4.31 Å². The monoisotopic (exact) mass is 353 g/mol. The Morgan fingerprint density at radius 2 is 2.22 bits per heavy atom. The summed E-state index contributed by atoms with van der Waals surface area (Å²) in [6.45, 7) is 0.890. The highest BCUT2D eigenvalue weighted by Crippen LogP contribution is 2.22. The Balaban J connectivity index is 1.57. The molecule has 2 aromatic rings. The number of carbonyl (C=O) groups is 1. The lowest BCUT2D eigenvalue weighted by atomic mass is 10.2. The van der Waals surface area contributed by atoms with E-state index < -0.39 is 16.1 Å². The van der Waals surface area contributed by atoms with Crippen molar-refractivity contribution >= 4 is 37.5 Å². The minimum absolute atomic E-state index is 0.214. The van der Waals surface area contributed by atoms with Gasteiger partial charge in [-0.3, -0.25) is 4.79 Å². The first-order chi connectivity index (χ1) is 10.9. The van der Waals surface area contributed by atoms with Crippen molar-refractivity contribution in [3.05, 3.63) is 29.3 Å². The van der Waals surface area contributed by atoms with E-state index in [9.17, 15) is 13.2 Å². The average Bonchev–Trinajstić information content (AvgIpc) is 3.13. The van der Waals surface area contributed by atoms with Crippen LogP contribution in [0.15, 0.2) is 24.3 Å². The number of hydrogen-bond acceptors (Lipinski definition) is 5. The number of para-hydroxylation sites is 1. The van der Waals surface area contributed by atoms with Crippen molar-refractivity contribution in [2.45, 2.75) is 25.3 Å². The van der Waals surface area contributed by atoms with Gasteiger partial charge in [-0.15, -0.1) is 11.3 Å². The molecule has 6 nitrogen and oxygen atoms in total. The lowest BCUT2D eigenvalue weighted by molar-refractivity contribution is -0.124. The standard InChI is InChI=1S/C15H19N3O3S2/c1-23(20,21)18-10-4-6-12(18)15(19)16-9-8-14-17-11-5-2-3-7-13(11)22-14/h2-3,5,7,12H,4,6,8-10H2,1H3,(H,16,19)/t12-/m0/s1. The highest BCUT2D eigenvalue weighted by atomic mass is 32.2. The molecule has 0 saturated carbocycles. The Hall–Kier alpha value is -1.51. The summed E-state index contributed by atoms with van der Waals surface area (Å²) in [4.78, 5) is 16.8. The van der Waals surface area contributed by atoms with Gasteiger partial charge in [0.2, 0.25) is 15.9 Å². The molecule has 8 heteroatoms. The quantitative estimate of drug-likeness (QED) is 0.881. The van der Waals surface area contributed by atoms with Crippen molar-refractivity contribution < 1.29 is 13.2 Å². The van der Waals surface area contributed by atoms with Gasteiger partial charge in [0.25, 0.3) is 0 Å². The topological polar surface area (TPSA) is 79.4 Å². The van der Waals surface area contributed by atoms with Crippen LogP contribution in [0.4, 0.5) is 0 Å². The average molecular weight is 353 g/mol. The smallest absolute Gasteiger partial charge is 0.238 e. The molecule has 23 heavy (non-hydrogen) atoms. The van der Waals surface area contributed by atoms with E-state index in [2.05, 4.69) is 10.3 Å². The van der Waals surface area contributed by atoms with Gasteiger partial charge in [-0.05, 0) is 25.0 Å². The van der Waals surface area contributed by atoms with Crippen LogP contribution < -0.4 is 5.32 Å². The highest BCUT2D eigenvalue weighted by Gasteiger charge is 2.36. The van der Waals surface area contributed by atoms with Crippen LogP contribution in [0.1, 0.15) is 17.8 Å². The van der Waals surface area contributed by atoms with Crippen LogP contribution >= 0.6 is 11.3 Å². The van der Waals surface area contributed by atoms with Crippen molar-refractivity contribution in [3.8, 4) is 0 Å². The zero-order valence-electron chi connectivity index (χ0n) is 12.9. The number of hydrogen-bond donors (Lipinski definition) is 1. The second-order valence-electron chi connectivity index (χ2n) is 5.65. The van der Waals surface area contributed by atoms with Crippen LogP contribution in [0.2, 0.25) is 0 Å². The minimum atomic E-state index is -3.33. The lowest BCUT2D eigenvalue weighted by Gasteiger charge is -2.21. The Morgan fingerprint density at radius 3 is 2.96 bits per heavy atom. The van der Waals surface area contributed by atoms with E-state index >= 15 is 0 Å². The first-order valence-corrected chi connectivity index (χ1v) is 10.2. The van der Waals surface area contributed by atoms with Crippen LogP contribution in [0, 0.1) is 0 Å². The molecular weight excluding hydrogens is 334 g/mol. The summed E-state index contributed by atoms with van der Waals surface area (Å²) in [6, 6.07) is 7.35. The van der Waals surface area contributed by atoms with E-state index in [1.54, 1.807) is 11.3 Å². The number of rotatable bonds is 5. The van der Waals surface area contributed by atoms with Crippen molar-refractivity contribution in [1.29, 1.82) is 0 Å². The fourth-order valence-corrected chi connectivity index (χ4v) is 4.93. The van der Waals surface area contributed by atoms with Crippen LogP contribution in [0.3, 0.4) is 0 Å². The number of thiazole rings is 1. The van der Waals surface area contributed by atoms with Crippen LogP contribution in [0.25, 0.3) is 10.2 Å². The van der Waals surface area contributed by atoms with E-state index in [4.69, 9.17) is 0 Å². The molecule has 1 aromatic heterocycles. The molecule has 0 bridgehead atoms. The van der Waals surface area contributed by atoms with E-state index in [0.29, 0.717) is 25.9 Å². The Bertz CT molecular complexity index is 783. The van der Waals surface area contributed by atoms with E-state index in [-0.39, 0.29) is 5.91 Å². The fourth-order valence-electron chi connectivity index (χ4n) is 2.84. The summed E-state index contributed by atoms with van der Waals surface area (Å²) in [7, 11) is -3.33. The molecule has 0 spiro atoms. The van der Waals surface area contributed by atoms with Crippen LogP contribution in [0.5, 0.6) is 0 Å². The Labute approximate surface area is 139 Å². The molecule has 0 unspecified atom stereocenters. The van der Waals surface area contributed by atoms with Gasteiger partial charge in [0.1, 0.15) is 6.04 Å². The number of amides is 1. The predicted molar refractivity (Wildman–Crippen MR) is 90.9 cm³/mol. The summed E-state index contributed by atoms with van der Waals surface area (Å²) >= 11 is 1.62. The predicted octanol–water partition coefficient (Wildman–Crippen LogP) is 1.38. The third-order valence-corrected chi connectivity index (χ3v) is 6.29. The van der Waals surface area contributed by atoms with Gasteiger partial charge in [-0.25, -0.2) is 13.4 Å². The van der Waals surface area contributed by atoms with Crippen molar-refractivity contribution in [3.63, 3.8) is 0 Å². The molecule has 0 radical (unpaired) electrons. The van der Waals surface area contributed by atoms with Crippen molar-refractivity contribution in [2.24, 2.45) is 0 Å². The Morgan fingerprint density at radius 1 is 1.43 bits per heavy atom. The number of carbonyl (C=O) groups excluding carboxylic acids is 1. The van der Waals surface area contributed by atoms with Gasteiger partial charge in [0.05, 0.1) is 21.5 Å². The largest absolute Gasteiger partial charge is 0.354 e. The fraction of sp³-hybridized carbons (Fsp3) is 0.467. The lowest BCUT2D eigenvalue weighted by Crippen LogP contribution is -2.45. The number of nitrogens with one attached hydrogen (secondary N) is 1. The number of fused-ring (bicyclic) bond motifs is 1. The van der Waals surface area contributed by atoms with E-state index in [0.717, 1.165) is 27.9 Å². The SMILES string of the molecule is CS(=O)(=O)N1CCC[C@H]1C(=O)NCCc1nc2ccccc2s1. The number of benzene rings is 1. The van der Waals surface area contributed by atoms with Gasteiger partial charge in [-0.1, -0.05) is 12.1 Å². The van der Waals surface area contributed by atoms with Gasteiger partial charge in [-0.2, -0.15) is 4.31 Å². The Kier molecular flexibility index (Phi) is 4.65. The maximum absolute atomic E-state index is 12.2. The molecule has 1 saturated heterocycles. The second kappa shape index (κ2) is 6.54. The zero-order valence-corrected chi connectivity index (χ0v) is 14.5. The minimum Gasteiger partial charge on any atom is -0.354 e. The summed E-state index contributed by atoms with van der Waals surface area (Å²) in [6.07, 6.45) is 3.11. The summed E-state index contributed by atoms with van der Waals surface area (Å²) in [5, 5.41) is 3.81. The third-order valence-electron chi connectivity index (χ3n) is 3.91. The molecule has 1 aliphatic heterocycles. The summed E-state index contributed by atoms with van der Waals surface area (Å²) < 4.78 is 25.8. The zero-order chi connectivity index (χ0) is 16.4. The maximum atomic E-state index is 12.2. The van der Waals surface area contributed by atoms with Crippen molar-refractivity contribution in [2.75, 3.05) is 19.3 Å². The molecule has 2 heterocycles. The van der Waals surface area contributed by atoms with Gasteiger partial charge >= 0.3 is 0 Å². The molecule has 0 aliphatic carbocycles. The van der Waals surface area contributed by atoms with E-state index in [1.807, 2.05) is 24.3 Å². The number of nitrogens with zero attached hydrogens (tertiary/aromatic N) is 2. The molecule has 1 N–H and O–H groups in total. The molecule has 1 amide bonds. The second-order valence-corrected chi connectivity index (χ2v) is 8.70. The summed E-state index contributed by atoms with van der Waals surface area (Å²) in [5.41, 5.74) is 0.970. The first-order valence-electron chi connectivity index (χ1n) is 7.54. The molecule has 3 rings (SSSR count). The van der Waals surface area contributed by atoms with Gasteiger partial charge < -0.3 is 5.32 Å². The molecule has 1 aromatic carbocycles. The number of aromatic nitrogens is 1. The van der Waals surface area contributed by atoms with Crippen molar-refractivity contribution in [1.82, 2.24) is 14.6 Å². The van der Waals surface area contributed by atoms with Gasteiger partial charge in [0, 0.05) is 19.5 Å². The third kappa shape index (κ3) is 3.70. The summed E-state index contributed by atoms with van der Waals surface area (Å²) in [5.74, 6) is -0.214. The maximum Gasteiger partial charge on any atom is 0.238 e. The molecular formula is C15H19N3O3S2. The molecule has 1 fully saturated rings.